The molecule has 0 amide bonds. The van der Waals surface area contributed by atoms with Gasteiger partial charge in [-0.15, -0.1) is 0 Å². The van der Waals surface area contributed by atoms with E-state index in [0.29, 0.717) is 6.61 Å². The van der Waals surface area contributed by atoms with Gasteiger partial charge in [-0.1, -0.05) is 6.92 Å². The minimum absolute atomic E-state index is 0. The van der Waals surface area contributed by atoms with Crippen molar-refractivity contribution in [2.45, 2.75) is 13.3 Å². The lowest BCUT2D eigenvalue weighted by Gasteiger charge is -1.69. The maximum Gasteiger partial charge on any atom is 0.0428 e. The molecular weight excluding hydrogens is 62.8 g/mol. The van der Waals surface area contributed by atoms with Crippen LogP contribution in [0.3, 0.4) is 0 Å². The first-order valence-electron chi connectivity index (χ1n) is 1.52. The summed E-state index contributed by atoms with van der Waals surface area (Å²) in [6.07, 6.45) is 0.875. The zero-order valence-corrected chi connectivity index (χ0v) is 3.44. The Morgan fingerprint density at radius 2 is 1.80 bits per heavy atom. The summed E-state index contributed by atoms with van der Waals surface area (Å²) in [6, 6.07) is 0. The van der Waals surface area contributed by atoms with Crippen molar-refractivity contribution in [3.8, 4) is 0 Å². The molecule has 2 heteroatoms. The number of rotatable bonds is 1. The maximum atomic E-state index is 7.88. The van der Waals surface area contributed by atoms with Gasteiger partial charge in [-0.25, -0.2) is 0 Å². The second-order valence-corrected chi connectivity index (χ2v) is 0.724. The van der Waals surface area contributed by atoms with Crippen LogP contribution in [-0.4, -0.2) is 20.1 Å². The Labute approximate surface area is 34.6 Å². The first-order valence-corrected chi connectivity index (χ1v) is 1.52. The van der Waals surface area contributed by atoms with Gasteiger partial charge in [-0.2, -0.15) is 0 Å². The molecule has 0 aromatic rings. The molecule has 29 valence electrons. The van der Waals surface area contributed by atoms with Crippen molar-refractivity contribution in [1.82, 2.24) is 0 Å². The fourth-order valence-electron chi connectivity index (χ4n) is 0. The fourth-order valence-corrected chi connectivity index (χ4v) is 0. The van der Waals surface area contributed by atoms with Crippen LogP contribution in [-0.2, 0) is 0 Å². The lowest BCUT2D eigenvalue weighted by Crippen LogP contribution is -1.69. The highest BCUT2D eigenvalue weighted by molar-refractivity contribution is 5.75. The zero-order chi connectivity index (χ0) is 3.41. The molecule has 0 fully saturated rings. The second-order valence-electron chi connectivity index (χ2n) is 0.724. The van der Waals surface area contributed by atoms with Crippen LogP contribution in [0.15, 0.2) is 0 Å². The third-order valence-electron chi connectivity index (χ3n) is 0.224. The molecule has 0 bridgehead atoms. The van der Waals surface area contributed by atoms with Crippen molar-refractivity contribution in [2.75, 3.05) is 6.61 Å². The van der Waals surface area contributed by atoms with E-state index < -0.39 is 0 Å². The van der Waals surface area contributed by atoms with Crippen molar-refractivity contribution >= 4 is 8.41 Å². The Bertz CT molecular complexity index is 8.85. The molecule has 1 nitrogen and oxygen atoms in total. The molecule has 0 heterocycles. The molecule has 0 aromatic carbocycles. The molecule has 0 rings (SSSR count). The summed E-state index contributed by atoms with van der Waals surface area (Å²) in [5, 5.41) is 7.88. The van der Waals surface area contributed by atoms with Gasteiger partial charge in [0.25, 0.3) is 0 Å². The number of hydrogen-bond donors (Lipinski definition) is 1. The van der Waals surface area contributed by atoms with Crippen LogP contribution < -0.4 is 0 Å². The number of aliphatic hydroxyl groups is 1. The van der Waals surface area contributed by atoms with Gasteiger partial charge < -0.3 is 5.11 Å². The van der Waals surface area contributed by atoms with Crippen LogP contribution in [0.5, 0.6) is 0 Å². The third kappa shape index (κ3) is 15.7. The predicted octanol–water partition coefficient (Wildman–Crippen LogP) is 0.00790. The van der Waals surface area contributed by atoms with Gasteiger partial charge in [0.2, 0.25) is 0 Å². The van der Waals surface area contributed by atoms with E-state index >= 15 is 0 Å². The highest BCUT2D eigenvalue weighted by Gasteiger charge is 1.57. The van der Waals surface area contributed by atoms with E-state index in [4.69, 9.17) is 5.11 Å². The van der Waals surface area contributed by atoms with E-state index in [1.807, 2.05) is 6.92 Å². The summed E-state index contributed by atoms with van der Waals surface area (Å²) in [5.74, 6) is 0. The molecule has 0 atom stereocenters. The van der Waals surface area contributed by atoms with Gasteiger partial charge in [0.1, 0.15) is 0 Å². The van der Waals surface area contributed by atoms with Gasteiger partial charge in [-0.3, -0.25) is 0 Å². The van der Waals surface area contributed by atoms with E-state index in [1.165, 1.54) is 0 Å². The lowest BCUT2D eigenvalue weighted by molar-refractivity contribution is 0.295. The molecule has 0 spiro atoms. The van der Waals surface area contributed by atoms with Crippen molar-refractivity contribution in [2.24, 2.45) is 0 Å². The molecule has 0 saturated carbocycles. The van der Waals surface area contributed by atoms with E-state index in [2.05, 4.69) is 0 Å². The van der Waals surface area contributed by atoms with Crippen molar-refractivity contribution < 1.29 is 5.11 Å². The summed E-state index contributed by atoms with van der Waals surface area (Å²) < 4.78 is 0. The molecule has 0 aliphatic heterocycles. The Kier molecular flexibility index (Phi) is 16.0. The molecule has 5 heavy (non-hydrogen) atoms. The van der Waals surface area contributed by atoms with Crippen molar-refractivity contribution in [1.29, 1.82) is 0 Å². The monoisotopic (exact) mass is 71.1 g/mol. The average molecular weight is 70.9 g/mol. The quantitative estimate of drug-likeness (QED) is 0.431. The molecule has 0 unspecified atom stereocenters. The second kappa shape index (κ2) is 8.98. The minimum atomic E-state index is 0. The number of aliphatic hydroxyl groups excluding tert-OH is 1. The summed E-state index contributed by atoms with van der Waals surface area (Å²) in [5.41, 5.74) is 0. The lowest BCUT2D eigenvalue weighted by atomic mass is 10.5. The third-order valence-corrected chi connectivity index (χ3v) is 0.224. The largest absolute Gasteiger partial charge is 0.396 e. The summed E-state index contributed by atoms with van der Waals surface area (Å²) in [7, 11) is 0. The van der Waals surface area contributed by atoms with Gasteiger partial charge in [0.15, 0.2) is 0 Å². The van der Waals surface area contributed by atoms with Crippen molar-refractivity contribution in [3.63, 3.8) is 0 Å². The van der Waals surface area contributed by atoms with Crippen molar-refractivity contribution in [3.05, 3.63) is 0 Å². The van der Waals surface area contributed by atoms with Crippen LogP contribution in [0.2, 0.25) is 0 Å². The van der Waals surface area contributed by atoms with Crippen LogP contribution >= 0.6 is 0 Å². The topological polar surface area (TPSA) is 20.2 Å². The first-order chi connectivity index (χ1) is 1.91. The molecule has 1 N–H and O–H groups in total. The Morgan fingerprint density at radius 1 is 1.60 bits per heavy atom. The molecule has 0 aliphatic carbocycles. The zero-order valence-electron chi connectivity index (χ0n) is 3.44. The van der Waals surface area contributed by atoms with E-state index in [1.54, 1.807) is 0 Å². The summed E-state index contributed by atoms with van der Waals surface area (Å²) >= 11 is 0. The first kappa shape index (κ1) is 8.90. The van der Waals surface area contributed by atoms with E-state index in [9.17, 15) is 0 Å². The Hall–Kier alpha value is 0.0249. The van der Waals surface area contributed by atoms with Crippen LogP contribution in [0, 0.1) is 0 Å². The summed E-state index contributed by atoms with van der Waals surface area (Å²) in [6.45, 7) is 2.25. The normalized spacial score (nSPS) is 6.00. The highest BCUT2D eigenvalue weighted by atomic mass is 16.2. The molecular formula is C3H8BO. The average Bonchev–Trinajstić information content (AvgIpc) is 1.37. The molecule has 0 aromatic heterocycles. The SMILES string of the molecule is CCCO.[B]. The Balaban J connectivity index is 0. The van der Waals surface area contributed by atoms with E-state index in [0.717, 1.165) is 6.42 Å². The fraction of sp³-hybridized carbons (Fsp3) is 1.00. The predicted molar refractivity (Wildman–Crippen MR) is 23.1 cm³/mol. The van der Waals surface area contributed by atoms with Gasteiger partial charge in [-0.05, 0) is 6.42 Å². The van der Waals surface area contributed by atoms with Crippen LogP contribution in [0.25, 0.3) is 0 Å². The number of hydrogen-bond acceptors (Lipinski definition) is 1. The summed E-state index contributed by atoms with van der Waals surface area (Å²) in [4.78, 5) is 0. The smallest absolute Gasteiger partial charge is 0.0428 e. The standard InChI is InChI=1S/C3H8O.B/c1-2-3-4;/h4H,2-3H2,1H3;. The van der Waals surface area contributed by atoms with E-state index in [-0.39, 0.29) is 8.41 Å². The van der Waals surface area contributed by atoms with Crippen LogP contribution in [0.4, 0.5) is 0 Å². The molecule has 0 aliphatic rings. The minimum Gasteiger partial charge on any atom is -0.396 e. The maximum absolute atomic E-state index is 7.88. The highest BCUT2D eigenvalue weighted by Crippen LogP contribution is 1.61. The Morgan fingerprint density at radius 3 is 1.80 bits per heavy atom. The molecule has 0 saturated heterocycles. The van der Waals surface area contributed by atoms with Crippen LogP contribution in [0.1, 0.15) is 13.3 Å². The van der Waals surface area contributed by atoms with Gasteiger partial charge >= 0.3 is 0 Å². The van der Waals surface area contributed by atoms with Gasteiger partial charge in [0, 0.05) is 15.0 Å². The van der Waals surface area contributed by atoms with Gasteiger partial charge in [0.05, 0.1) is 0 Å². The molecule has 3 radical (unpaired) electrons.